The molecule has 1 fully saturated rings. The summed E-state index contributed by atoms with van der Waals surface area (Å²) in [7, 11) is 0. The highest BCUT2D eigenvalue weighted by Gasteiger charge is 2.32. The molecule has 130 valence electrons. The molecule has 0 spiro atoms. The smallest absolute Gasteiger partial charge is 0.288 e. The molecule has 8 heteroatoms. The minimum atomic E-state index is -0.508. The van der Waals surface area contributed by atoms with Crippen LogP contribution >= 0.6 is 15.9 Å². The van der Waals surface area contributed by atoms with E-state index in [9.17, 15) is 14.9 Å². The number of pyridine rings is 1. The first-order valence-electron chi connectivity index (χ1n) is 7.85. The van der Waals surface area contributed by atoms with Crippen LogP contribution in [0.3, 0.4) is 0 Å². The Hall–Kier alpha value is -2.48. The number of hydrogen-bond acceptors (Lipinski definition) is 5. The Labute approximate surface area is 153 Å². The number of nitrogens with zero attached hydrogens (tertiary/aromatic N) is 3. The quantitative estimate of drug-likeness (QED) is 0.609. The summed E-state index contributed by atoms with van der Waals surface area (Å²) >= 11 is 3.26. The Balaban J connectivity index is 1.66. The SMILES string of the molecule is Cc1ccc(CN2CCC(Nc3ncc([N+](=O)[O-])cc3Br)C2=O)cc1. The fourth-order valence-electron chi connectivity index (χ4n) is 2.74. The highest BCUT2D eigenvalue weighted by Crippen LogP contribution is 2.27. The van der Waals surface area contributed by atoms with Crippen LogP contribution in [0.2, 0.25) is 0 Å². The van der Waals surface area contributed by atoms with Crippen molar-refractivity contribution in [1.82, 2.24) is 9.88 Å². The third-order valence-electron chi connectivity index (χ3n) is 4.14. The number of aromatic nitrogens is 1. The molecule has 25 heavy (non-hydrogen) atoms. The standard InChI is InChI=1S/C17H17BrN4O3/c1-11-2-4-12(5-3-11)10-21-7-6-15(17(21)23)20-16-14(18)8-13(9-19-16)22(24)25/h2-5,8-9,15H,6-7,10H2,1H3,(H,19,20). The van der Waals surface area contributed by atoms with Crippen LogP contribution in [0.4, 0.5) is 11.5 Å². The van der Waals surface area contributed by atoms with E-state index in [-0.39, 0.29) is 17.6 Å². The van der Waals surface area contributed by atoms with Crippen molar-refractivity contribution < 1.29 is 9.72 Å². The Morgan fingerprint density at radius 2 is 2.12 bits per heavy atom. The zero-order chi connectivity index (χ0) is 18.0. The van der Waals surface area contributed by atoms with Crippen LogP contribution in [0, 0.1) is 17.0 Å². The van der Waals surface area contributed by atoms with Gasteiger partial charge >= 0.3 is 0 Å². The van der Waals surface area contributed by atoms with Crippen molar-refractivity contribution >= 4 is 33.3 Å². The van der Waals surface area contributed by atoms with Gasteiger partial charge in [-0.05, 0) is 34.8 Å². The normalized spacial score (nSPS) is 17.0. The lowest BCUT2D eigenvalue weighted by Gasteiger charge is -2.18. The maximum absolute atomic E-state index is 12.6. The summed E-state index contributed by atoms with van der Waals surface area (Å²) in [6.07, 6.45) is 1.84. The van der Waals surface area contributed by atoms with Crippen molar-refractivity contribution in [2.45, 2.75) is 25.9 Å². The molecule has 1 aromatic heterocycles. The lowest BCUT2D eigenvalue weighted by molar-refractivity contribution is -0.385. The number of hydrogen-bond donors (Lipinski definition) is 1. The molecule has 0 bridgehead atoms. The number of benzene rings is 1. The maximum Gasteiger partial charge on any atom is 0.288 e. The Morgan fingerprint density at radius 3 is 2.76 bits per heavy atom. The van der Waals surface area contributed by atoms with Gasteiger partial charge in [0, 0.05) is 19.2 Å². The van der Waals surface area contributed by atoms with Crippen LogP contribution < -0.4 is 5.32 Å². The number of nitrogens with one attached hydrogen (secondary N) is 1. The number of aryl methyl sites for hydroxylation is 1. The third-order valence-corrected chi connectivity index (χ3v) is 4.74. The minimum Gasteiger partial charge on any atom is -0.357 e. The molecule has 1 aliphatic rings. The molecule has 1 saturated heterocycles. The molecular formula is C17H17BrN4O3. The lowest BCUT2D eigenvalue weighted by Crippen LogP contribution is -2.33. The molecule has 2 heterocycles. The zero-order valence-electron chi connectivity index (χ0n) is 13.6. The van der Waals surface area contributed by atoms with Gasteiger partial charge in [0.15, 0.2) is 0 Å². The van der Waals surface area contributed by atoms with Crippen LogP contribution in [-0.2, 0) is 11.3 Å². The summed E-state index contributed by atoms with van der Waals surface area (Å²) in [6.45, 7) is 3.26. The number of anilines is 1. The second-order valence-corrected chi connectivity index (χ2v) is 6.87. The molecule has 7 nitrogen and oxygen atoms in total. The summed E-state index contributed by atoms with van der Waals surface area (Å²) in [5.41, 5.74) is 2.18. The van der Waals surface area contributed by atoms with E-state index in [1.165, 1.54) is 17.8 Å². The van der Waals surface area contributed by atoms with Crippen LogP contribution in [0.5, 0.6) is 0 Å². The van der Waals surface area contributed by atoms with Crippen molar-refractivity contribution in [3.63, 3.8) is 0 Å². The van der Waals surface area contributed by atoms with Gasteiger partial charge in [-0.25, -0.2) is 4.98 Å². The van der Waals surface area contributed by atoms with Crippen LogP contribution in [0.25, 0.3) is 0 Å². The van der Waals surface area contributed by atoms with Gasteiger partial charge < -0.3 is 10.2 Å². The fourth-order valence-corrected chi connectivity index (χ4v) is 3.19. The van der Waals surface area contributed by atoms with Gasteiger partial charge in [0.1, 0.15) is 18.1 Å². The van der Waals surface area contributed by atoms with Gasteiger partial charge in [-0.3, -0.25) is 14.9 Å². The first-order chi connectivity index (χ1) is 11.9. The topological polar surface area (TPSA) is 88.4 Å². The average Bonchev–Trinajstić information content (AvgIpc) is 2.92. The number of nitro groups is 1. The van der Waals surface area contributed by atoms with Crippen LogP contribution in [-0.4, -0.2) is 33.3 Å². The monoisotopic (exact) mass is 404 g/mol. The molecule has 3 rings (SSSR count). The molecule has 1 aromatic carbocycles. The van der Waals surface area contributed by atoms with Crippen molar-refractivity contribution in [3.8, 4) is 0 Å². The second kappa shape index (κ2) is 7.18. The lowest BCUT2D eigenvalue weighted by atomic mass is 10.1. The predicted octanol–water partition coefficient (Wildman–Crippen LogP) is 3.27. The molecule has 0 aliphatic carbocycles. The number of rotatable bonds is 5. The Bertz CT molecular complexity index is 810. The first-order valence-corrected chi connectivity index (χ1v) is 8.64. The van der Waals surface area contributed by atoms with E-state index in [0.717, 1.165) is 5.56 Å². The maximum atomic E-state index is 12.6. The fraction of sp³-hybridized carbons (Fsp3) is 0.294. The van der Waals surface area contributed by atoms with Gasteiger partial charge in [-0.1, -0.05) is 29.8 Å². The summed E-state index contributed by atoms with van der Waals surface area (Å²) in [5, 5.41) is 13.8. The summed E-state index contributed by atoms with van der Waals surface area (Å²) in [5.74, 6) is 0.439. The summed E-state index contributed by atoms with van der Waals surface area (Å²) in [4.78, 5) is 28.7. The van der Waals surface area contributed by atoms with Gasteiger partial charge in [-0.2, -0.15) is 0 Å². The molecule has 1 aliphatic heterocycles. The highest BCUT2D eigenvalue weighted by atomic mass is 79.9. The van der Waals surface area contributed by atoms with E-state index in [2.05, 4.69) is 26.2 Å². The average molecular weight is 405 g/mol. The van der Waals surface area contributed by atoms with E-state index in [1.807, 2.05) is 36.1 Å². The molecule has 2 aromatic rings. The van der Waals surface area contributed by atoms with Crippen LogP contribution in [0.15, 0.2) is 41.0 Å². The number of likely N-dealkylation sites (tertiary alicyclic amines) is 1. The van der Waals surface area contributed by atoms with Gasteiger partial charge in [0.2, 0.25) is 5.91 Å². The third kappa shape index (κ3) is 3.96. The number of carbonyl (C=O) groups is 1. The minimum absolute atomic E-state index is 0.00706. The van der Waals surface area contributed by atoms with E-state index < -0.39 is 4.92 Å². The van der Waals surface area contributed by atoms with Gasteiger partial charge in [0.25, 0.3) is 5.69 Å². The van der Waals surface area contributed by atoms with E-state index >= 15 is 0 Å². The molecule has 1 amide bonds. The number of halogens is 1. The number of amides is 1. The summed E-state index contributed by atoms with van der Waals surface area (Å²) < 4.78 is 0.464. The number of carbonyl (C=O) groups excluding carboxylic acids is 1. The van der Waals surface area contributed by atoms with Crippen molar-refractivity contribution in [1.29, 1.82) is 0 Å². The highest BCUT2D eigenvalue weighted by molar-refractivity contribution is 9.10. The molecular weight excluding hydrogens is 388 g/mol. The first kappa shape index (κ1) is 17.3. The van der Waals surface area contributed by atoms with Crippen molar-refractivity contribution in [2.75, 3.05) is 11.9 Å². The van der Waals surface area contributed by atoms with Crippen LogP contribution in [0.1, 0.15) is 17.5 Å². The Morgan fingerprint density at radius 1 is 1.40 bits per heavy atom. The summed E-state index contributed by atoms with van der Waals surface area (Å²) in [6, 6.07) is 9.11. The van der Waals surface area contributed by atoms with Gasteiger partial charge in [0.05, 0.1) is 9.40 Å². The zero-order valence-corrected chi connectivity index (χ0v) is 15.2. The van der Waals surface area contributed by atoms with Gasteiger partial charge in [-0.15, -0.1) is 0 Å². The largest absolute Gasteiger partial charge is 0.357 e. The second-order valence-electron chi connectivity index (χ2n) is 6.01. The Kier molecular flexibility index (Phi) is 4.98. The molecule has 1 N–H and O–H groups in total. The van der Waals surface area contributed by atoms with E-state index in [0.29, 0.717) is 29.8 Å². The predicted molar refractivity (Wildman–Crippen MR) is 97.2 cm³/mol. The molecule has 0 saturated carbocycles. The van der Waals surface area contributed by atoms with E-state index in [4.69, 9.17) is 0 Å². The molecule has 1 unspecified atom stereocenters. The van der Waals surface area contributed by atoms with Crippen molar-refractivity contribution in [3.05, 3.63) is 62.2 Å². The molecule has 0 radical (unpaired) electrons. The van der Waals surface area contributed by atoms with Crippen molar-refractivity contribution in [2.24, 2.45) is 0 Å². The molecule has 1 atom stereocenters. The van der Waals surface area contributed by atoms with E-state index in [1.54, 1.807) is 0 Å².